The number of hydrogen-bond donors (Lipinski definition) is 1. The number of nitrogens with one attached hydrogen (secondary N) is 1. The van der Waals surface area contributed by atoms with Gasteiger partial charge >= 0.3 is 0 Å². The number of halogens is 2. The molecule has 20 heavy (non-hydrogen) atoms. The van der Waals surface area contributed by atoms with E-state index >= 15 is 0 Å². The van der Waals surface area contributed by atoms with Gasteiger partial charge in [-0.1, -0.05) is 47.5 Å². The highest BCUT2D eigenvalue weighted by atomic mass is 35.5. The zero-order valence-corrected chi connectivity index (χ0v) is 13.0. The van der Waals surface area contributed by atoms with Gasteiger partial charge in [0.2, 0.25) is 0 Å². The van der Waals surface area contributed by atoms with Gasteiger partial charge in [-0.3, -0.25) is 0 Å². The van der Waals surface area contributed by atoms with E-state index in [2.05, 4.69) is 5.32 Å². The molecule has 0 heterocycles. The van der Waals surface area contributed by atoms with Gasteiger partial charge in [0.25, 0.3) is 0 Å². The van der Waals surface area contributed by atoms with Gasteiger partial charge in [-0.05, 0) is 43.3 Å². The summed E-state index contributed by atoms with van der Waals surface area (Å²) in [6.07, 6.45) is 0. The SMILES string of the molecule is CCOc1cccc(C(NC)c2cccc(Cl)c2Cl)c1. The Morgan fingerprint density at radius 3 is 2.60 bits per heavy atom. The van der Waals surface area contributed by atoms with Crippen molar-refractivity contribution in [3.05, 3.63) is 63.6 Å². The largest absolute Gasteiger partial charge is 0.494 e. The van der Waals surface area contributed by atoms with Crippen LogP contribution >= 0.6 is 23.2 Å². The van der Waals surface area contributed by atoms with Gasteiger partial charge < -0.3 is 10.1 Å². The van der Waals surface area contributed by atoms with Crippen molar-refractivity contribution in [2.24, 2.45) is 0 Å². The lowest BCUT2D eigenvalue weighted by molar-refractivity contribution is 0.339. The first kappa shape index (κ1) is 15.2. The molecule has 0 aliphatic rings. The average molecular weight is 310 g/mol. The second-order valence-corrected chi connectivity index (χ2v) is 5.16. The predicted octanol–water partition coefficient (Wildman–Crippen LogP) is 4.70. The van der Waals surface area contributed by atoms with Crippen LogP contribution in [0.4, 0.5) is 0 Å². The van der Waals surface area contributed by atoms with Crippen LogP contribution in [0, 0.1) is 0 Å². The molecule has 0 saturated heterocycles. The Balaban J connectivity index is 2.41. The van der Waals surface area contributed by atoms with E-state index < -0.39 is 0 Å². The van der Waals surface area contributed by atoms with E-state index in [0.717, 1.165) is 16.9 Å². The number of ether oxygens (including phenoxy) is 1. The fourth-order valence-corrected chi connectivity index (χ4v) is 2.61. The van der Waals surface area contributed by atoms with Crippen molar-refractivity contribution in [1.82, 2.24) is 5.32 Å². The topological polar surface area (TPSA) is 21.3 Å². The normalized spacial score (nSPS) is 12.2. The van der Waals surface area contributed by atoms with Crippen LogP contribution in [0.1, 0.15) is 24.1 Å². The van der Waals surface area contributed by atoms with Crippen LogP contribution in [0.25, 0.3) is 0 Å². The molecule has 1 atom stereocenters. The van der Waals surface area contributed by atoms with Crippen LogP contribution in [0.2, 0.25) is 10.0 Å². The van der Waals surface area contributed by atoms with Crippen LogP contribution in [0.15, 0.2) is 42.5 Å². The van der Waals surface area contributed by atoms with Gasteiger partial charge in [-0.2, -0.15) is 0 Å². The minimum Gasteiger partial charge on any atom is -0.494 e. The molecule has 0 aromatic heterocycles. The average Bonchev–Trinajstić information content (AvgIpc) is 2.45. The summed E-state index contributed by atoms with van der Waals surface area (Å²) in [6.45, 7) is 2.61. The van der Waals surface area contributed by atoms with Crippen LogP contribution in [0.5, 0.6) is 5.75 Å². The highest BCUT2D eigenvalue weighted by molar-refractivity contribution is 6.42. The Hall–Kier alpha value is -1.22. The zero-order valence-electron chi connectivity index (χ0n) is 11.5. The first-order chi connectivity index (χ1) is 9.67. The van der Waals surface area contributed by atoms with Gasteiger partial charge in [-0.25, -0.2) is 0 Å². The molecule has 2 nitrogen and oxygen atoms in total. The summed E-state index contributed by atoms with van der Waals surface area (Å²) in [5.74, 6) is 0.850. The number of benzene rings is 2. The molecule has 2 aromatic rings. The lowest BCUT2D eigenvalue weighted by Crippen LogP contribution is -2.18. The molecule has 2 rings (SSSR count). The third-order valence-electron chi connectivity index (χ3n) is 3.08. The second-order valence-electron chi connectivity index (χ2n) is 4.37. The summed E-state index contributed by atoms with van der Waals surface area (Å²) in [7, 11) is 1.90. The Kier molecular flexibility index (Phi) is 5.30. The second kappa shape index (κ2) is 6.98. The maximum absolute atomic E-state index is 6.31. The standard InChI is InChI=1S/C16H17Cl2NO/c1-3-20-12-7-4-6-11(10-12)16(19-2)13-8-5-9-14(17)15(13)18/h4-10,16,19H,3H2,1-2H3. The molecule has 0 bridgehead atoms. The van der Waals surface area contributed by atoms with Crippen molar-refractivity contribution in [1.29, 1.82) is 0 Å². The molecular formula is C16H17Cl2NO. The quantitative estimate of drug-likeness (QED) is 0.864. The monoisotopic (exact) mass is 309 g/mol. The summed E-state index contributed by atoms with van der Waals surface area (Å²) in [6, 6.07) is 13.6. The molecule has 0 aliphatic heterocycles. The van der Waals surface area contributed by atoms with Gasteiger partial charge in [0.1, 0.15) is 5.75 Å². The minimum absolute atomic E-state index is 0.0263. The minimum atomic E-state index is -0.0263. The molecule has 0 radical (unpaired) electrons. The molecule has 0 amide bonds. The molecule has 0 spiro atoms. The van der Waals surface area contributed by atoms with E-state index in [-0.39, 0.29) is 6.04 Å². The number of rotatable bonds is 5. The van der Waals surface area contributed by atoms with Gasteiger partial charge in [0.05, 0.1) is 22.7 Å². The predicted molar refractivity (Wildman–Crippen MR) is 85.0 cm³/mol. The third-order valence-corrected chi connectivity index (χ3v) is 3.92. The van der Waals surface area contributed by atoms with Gasteiger partial charge in [0, 0.05) is 0 Å². The van der Waals surface area contributed by atoms with Crippen LogP contribution in [-0.4, -0.2) is 13.7 Å². The van der Waals surface area contributed by atoms with E-state index in [4.69, 9.17) is 27.9 Å². The van der Waals surface area contributed by atoms with Crippen LogP contribution < -0.4 is 10.1 Å². The van der Waals surface area contributed by atoms with Crippen molar-refractivity contribution >= 4 is 23.2 Å². The highest BCUT2D eigenvalue weighted by Crippen LogP contribution is 2.33. The fraction of sp³-hybridized carbons (Fsp3) is 0.250. The smallest absolute Gasteiger partial charge is 0.119 e. The third kappa shape index (κ3) is 3.26. The molecule has 4 heteroatoms. The highest BCUT2D eigenvalue weighted by Gasteiger charge is 2.17. The van der Waals surface area contributed by atoms with Crippen molar-refractivity contribution < 1.29 is 4.74 Å². The lowest BCUT2D eigenvalue weighted by atomic mass is 9.98. The molecule has 2 aromatic carbocycles. The maximum Gasteiger partial charge on any atom is 0.119 e. The van der Waals surface area contributed by atoms with E-state index in [0.29, 0.717) is 16.7 Å². The van der Waals surface area contributed by atoms with E-state index in [1.807, 2.05) is 50.4 Å². The molecule has 0 aliphatic carbocycles. The van der Waals surface area contributed by atoms with Gasteiger partial charge in [-0.15, -0.1) is 0 Å². The fourth-order valence-electron chi connectivity index (χ4n) is 2.20. The van der Waals surface area contributed by atoms with Crippen molar-refractivity contribution in [3.63, 3.8) is 0 Å². The molecule has 1 N–H and O–H groups in total. The van der Waals surface area contributed by atoms with E-state index in [1.54, 1.807) is 6.07 Å². The van der Waals surface area contributed by atoms with Crippen molar-refractivity contribution in [2.45, 2.75) is 13.0 Å². The molecular weight excluding hydrogens is 293 g/mol. The Bertz CT molecular complexity index is 586. The number of hydrogen-bond acceptors (Lipinski definition) is 2. The maximum atomic E-state index is 6.31. The summed E-state index contributed by atoms with van der Waals surface area (Å²) in [5.41, 5.74) is 2.04. The van der Waals surface area contributed by atoms with Crippen LogP contribution in [0.3, 0.4) is 0 Å². The van der Waals surface area contributed by atoms with Gasteiger partial charge in [0.15, 0.2) is 0 Å². The first-order valence-electron chi connectivity index (χ1n) is 6.51. The lowest BCUT2D eigenvalue weighted by Gasteiger charge is -2.19. The van der Waals surface area contributed by atoms with E-state index in [9.17, 15) is 0 Å². The molecule has 0 saturated carbocycles. The molecule has 0 fully saturated rings. The Morgan fingerprint density at radius 2 is 1.90 bits per heavy atom. The van der Waals surface area contributed by atoms with Crippen molar-refractivity contribution in [2.75, 3.05) is 13.7 Å². The van der Waals surface area contributed by atoms with E-state index in [1.165, 1.54) is 0 Å². The summed E-state index contributed by atoms with van der Waals surface area (Å²) in [5, 5.41) is 4.41. The summed E-state index contributed by atoms with van der Waals surface area (Å²) in [4.78, 5) is 0. The zero-order chi connectivity index (χ0) is 14.5. The molecule has 106 valence electrons. The van der Waals surface area contributed by atoms with Crippen LogP contribution in [-0.2, 0) is 0 Å². The van der Waals surface area contributed by atoms with Crippen molar-refractivity contribution in [3.8, 4) is 5.75 Å². The Labute approximate surface area is 129 Å². The summed E-state index contributed by atoms with van der Waals surface area (Å²) < 4.78 is 5.54. The molecule has 1 unspecified atom stereocenters. The summed E-state index contributed by atoms with van der Waals surface area (Å²) >= 11 is 12.4. The first-order valence-corrected chi connectivity index (χ1v) is 7.27. The Morgan fingerprint density at radius 1 is 1.15 bits per heavy atom.